The highest BCUT2D eigenvalue weighted by Crippen LogP contribution is 2.38. The van der Waals surface area contributed by atoms with Gasteiger partial charge in [-0.25, -0.2) is 8.42 Å². The number of methoxy groups -OCH3 is 2. The maximum Gasteiger partial charge on any atom is 0.522 e. The third-order valence-corrected chi connectivity index (χ3v) is 16.6. The van der Waals surface area contributed by atoms with Crippen molar-refractivity contribution >= 4 is 21.6 Å². The zero-order valence-corrected chi connectivity index (χ0v) is 105. The molecule has 0 aromatic rings. The van der Waals surface area contributed by atoms with Crippen LogP contribution in [0.1, 0.15) is 435 Å². The largest absolute Gasteiger partial charge is 0.522 e. The topological polar surface area (TPSA) is 180 Å². The fourth-order valence-corrected chi connectivity index (χ4v) is 7.38. The van der Waals surface area contributed by atoms with Gasteiger partial charge in [-0.15, -0.1) is 13.2 Å². The van der Waals surface area contributed by atoms with E-state index in [9.17, 15) is 78.7 Å². The lowest BCUT2D eigenvalue weighted by molar-refractivity contribution is -0.399. The zero-order chi connectivity index (χ0) is 123. The third-order valence-electron chi connectivity index (χ3n) is 14.0. The van der Waals surface area contributed by atoms with Crippen molar-refractivity contribution in [1.29, 1.82) is 0 Å². The Morgan fingerprint density at radius 2 is 0.806 bits per heavy atom. The minimum absolute atomic E-state index is 0.0220. The van der Waals surface area contributed by atoms with E-state index in [2.05, 4.69) is 267 Å². The SMILES string of the molecule is CC(C)C.CC(C)CN.CC(C)CN(C)C.CC(C)CN1CCC1.CC(C)OC(C(F)(F)F)C(F)(F)F.CC(C)OC(C)(C)C.CC(C)OC(C)C.CC(C)OC(F)(F)C(F)(F)F.CC(C)OC(F)(F)F.CC(C)OC(F)F.CC(C)OC1CC1.CC(C)S(C)(=O)=O.CCC(C)C.CCCC(C)C.CCCCC(C)C.CCCOC(C)C.CCOC(C)C.CNCC(C)C.COC(C)C.CSC(C)C.[2H]C([2H])([2H])OC(C)C. The van der Waals surface area contributed by atoms with E-state index in [4.69, 9.17) is 38.3 Å². The minimum Gasteiger partial charge on any atom is -0.382 e. The van der Waals surface area contributed by atoms with Crippen LogP contribution < -0.4 is 11.1 Å². The second-order valence-electron chi connectivity index (χ2n) is 42.4. The van der Waals surface area contributed by atoms with Gasteiger partial charge in [0, 0.05) is 40.2 Å². The van der Waals surface area contributed by atoms with Crippen LogP contribution in [0.2, 0.25) is 0 Å². The number of thioether (sulfide) groups is 1. The Morgan fingerprint density at radius 1 is 0.458 bits per heavy atom. The molecule has 0 aromatic heterocycles. The lowest BCUT2D eigenvalue weighted by Crippen LogP contribution is -2.45. The smallest absolute Gasteiger partial charge is 0.382 e. The summed E-state index contributed by atoms with van der Waals surface area (Å²) in [7, 11) is 2.90. The van der Waals surface area contributed by atoms with Crippen LogP contribution in [-0.2, 0) is 61.9 Å². The highest BCUT2D eigenvalue weighted by molar-refractivity contribution is 7.99. The van der Waals surface area contributed by atoms with Crippen molar-refractivity contribution in [3.05, 3.63) is 0 Å². The second kappa shape index (κ2) is 120. The van der Waals surface area contributed by atoms with Crippen LogP contribution >= 0.6 is 11.8 Å². The van der Waals surface area contributed by atoms with E-state index in [0.29, 0.717) is 54.7 Å². The van der Waals surface area contributed by atoms with Crippen molar-refractivity contribution in [3.8, 4) is 0 Å². The van der Waals surface area contributed by atoms with Gasteiger partial charge in [-0.3, -0.25) is 4.74 Å². The van der Waals surface area contributed by atoms with Gasteiger partial charge in [0.1, 0.15) is 9.84 Å². The highest BCUT2D eigenvalue weighted by atomic mass is 32.2. The number of nitrogens with zero attached hydrogens (tertiary/aromatic N) is 2. The van der Waals surface area contributed by atoms with Crippen molar-refractivity contribution in [1.82, 2.24) is 15.1 Å². The average Bonchev–Trinajstić information content (AvgIpc) is 1.66. The Bertz CT molecular complexity index is 2350. The van der Waals surface area contributed by atoms with E-state index in [-0.39, 0.29) is 23.1 Å². The molecule has 0 aromatic carbocycles. The Balaban J connectivity index is -0.0000000692. The average molecular weight is 2190 g/mol. The van der Waals surface area contributed by atoms with Gasteiger partial charge in [0.25, 0.3) is 0 Å². The van der Waals surface area contributed by atoms with Crippen LogP contribution in [0.25, 0.3) is 0 Å². The van der Waals surface area contributed by atoms with E-state index in [1.807, 2.05) is 95.0 Å². The molecular formula is C109H244F16N4O13S2. The minimum atomic E-state index is -5.63. The van der Waals surface area contributed by atoms with Crippen molar-refractivity contribution < 1.29 is 135 Å². The number of unbranched alkanes of at least 4 members (excludes halogenated alkanes) is 1. The number of rotatable bonds is 34. The molecular weight excluding hydrogens is 1940 g/mol. The Labute approximate surface area is 891 Å². The molecule has 902 valence electrons. The predicted molar refractivity (Wildman–Crippen MR) is 593 cm³/mol. The first-order valence-corrected chi connectivity index (χ1v) is 55.7. The third kappa shape index (κ3) is 271. The molecule has 0 amide bonds. The summed E-state index contributed by atoms with van der Waals surface area (Å²) in [6, 6.07) is 0. The Hall–Kier alpha value is -1.42. The summed E-state index contributed by atoms with van der Waals surface area (Å²) in [6.07, 6.45) is -13.4. The van der Waals surface area contributed by atoms with Gasteiger partial charge in [-0.05, 0) is 346 Å². The molecule has 0 atom stereocenters. The molecule has 2 fully saturated rings. The number of sulfone groups is 1. The van der Waals surface area contributed by atoms with E-state index >= 15 is 0 Å². The van der Waals surface area contributed by atoms with Gasteiger partial charge < -0.3 is 68.2 Å². The number of nitrogens with one attached hydrogen (secondary N) is 1. The monoisotopic (exact) mass is 2190 g/mol. The summed E-state index contributed by atoms with van der Waals surface area (Å²) in [5.41, 5.74) is 5.19. The molecule has 35 heteroatoms. The maximum atomic E-state index is 11.8. The number of halogens is 16. The fourth-order valence-electron chi connectivity index (χ4n) is 7.38. The number of likely N-dealkylation sites (tertiary alicyclic amines) is 1. The van der Waals surface area contributed by atoms with E-state index in [1.165, 1.54) is 104 Å². The number of hydrogen-bond donors (Lipinski definition) is 2. The lowest BCUT2D eigenvalue weighted by Gasteiger charge is -2.31. The molecule has 2 aliphatic rings. The van der Waals surface area contributed by atoms with Crippen molar-refractivity contribution in [3.63, 3.8) is 0 Å². The first-order valence-electron chi connectivity index (χ1n) is 54.0. The van der Waals surface area contributed by atoms with Crippen molar-refractivity contribution in [2.24, 2.45) is 53.1 Å². The molecule has 0 spiro atoms. The summed E-state index contributed by atoms with van der Waals surface area (Å²) < 4.78 is 274. The molecule has 0 unspecified atom stereocenters. The lowest BCUT2D eigenvalue weighted by atomic mass is 10.1. The fraction of sp³-hybridized carbons (Fsp3) is 1.00. The van der Waals surface area contributed by atoms with E-state index in [1.54, 1.807) is 48.7 Å². The molecule has 1 aliphatic heterocycles. The van der Waals surface area contributed by atoms with Gasteiger partial charge in [-0.2, -0.15) is 68.8 Å². The highest BCUT2D eigenvalue weighted by Gasteiger charge is 2.60. The molecule has 17 nitrogen and oxygen atoms in total. The summed E-state index contributed by atoms with van der Waals surface area (Å²) in [4.78, 5) is 4.70. The summed E-state index contributed by atoms with van der Waals surface area (Å²) in [6.45, 7) is 111. The zero-order valence-electron chi connectivity index (χ0n) is 107. The predicted octanol–water partition coefficient (Wildman–Crippen LogP) is 35.2. The van der Waals surface area contributed by atoms with Crippen LogP contribution in [0.5, 0.6) is 0 Å². The molecule has 0 radical (unpaired) electrons. The summed E-state index contributed by atoms with van der Waals surface area (Å²) in [5.74, 6) is 6.63. The van der Waals surface area contributed by atoms with Crippen LogP contribution in [0, 0.1) is 47.3 Å². The van der Waals surface area contributed by atoms with Gasteiger partial charge in [-0.1, -0.05) is 198 Å². The first-order chi connectivity index (χ1) is 65.5. The number of ether oxygens (including phenoxy) is 11. The molecule has 3 N–H and O–H groups in total. The molecule has 2 rings (SSSR count). The summed E-state index contributed by atoms with van der Waals surface area (Å²) in [5, 5.41) is 3.64. The number of nitrogens with two attached hydrogens (primary N) is 1. The van der Waals surface area contributed by atoms with Gasteiger partial charge >= 0.3 is 37.6 Å². The van der Waals surface area contributed by atoms with E-state index < -0.39 is 78.9 Å². The molecule has 0 bridgehead atoms. The van der Waals surface area contributed by atoms with Crippen LogP contribution in [0.4, 0.5) is 70.2 Å². The number of hydrogen-bond acceptors (Lipinski definition) is 18. The van der Waals surface area contributed by atoms with Gasteiger partial charge in [0.05, 0.1) is 94.3 Å². The van der Waals surface area contributed by atoms with Crippen molar-refractivity contribution in [2.45, 2.75) is 570 Å². The van der Waals surface area contributed by atoms with Gasteiger partial charge in [0.15, 0.2) is 0 Å². The molecule has 1 aliphatic carbocycles. The summed E-state index contributed by atoms with van der Waals surface area (Å²) >= 11 is 1.88. The van der Waals surface area contributed by atoms with Crippen LogP contribution in [0.15, 0.2) is 0 Å². The number of alkyl halides is 16. The molecule has 144 heavy (non-hydrogen) atoms. The Morgan fingerprint density at radius 3 is 0.847 bits per heavy atom. The Kier molecular flexibility index (Phi) is 149. The first kappa shape index (κ1) is 178. The van der Waals surface area contributed by atoms with Crippen molar-refractivity contribution in [2.75, 3.05) is 100 Å². The van der Waals surface area contributed by atoms with Crippen LogP contribution in [-0.4, -0.2) is 258 Å². The molecule has 1 saturated carbocycles. The van der Waals surface area contributed by atoms with E-state index in [0.717, 1.165) is 107 Å². The van der Waals surface area contributed by atoms with Crippen LogP contribution in [0.3, 0.4) is 0 Å². The standard InChI is InChI=1S/C7H15N.C7H16O.C7H16.C6H8F6O.C6H15N.C6H12O.2C6H14O.C6H14.C5H7F5O.C5H13N.C5H12O.C5H12.C4H7F3O.C4H8F2O.C4H11N.C4H10O2S.2C4H10O.C4H10S.C4H10/c1-7(2)6-8-4-3-5-8;1-6(2)8-7(3,4)5;1-4-5-6-7(2)3;1-3(2)13-4(5(7,8)9)6(10,11)12;1-6(2)5-7(3)4;1-5(2)7-6-3-4-6;1-5(2)7-6(3)4;1-4-5-7-6(2)3;1-4-5-6(2)3;1-3(2)11-5(9,10)4(6,7)8;1-5(2)4-6-3;1-4-6-5(2)3;1-4-5(2)3;1-3(2)8-4(5,6)7;1-3(2)7-4(5)6;1-4(2)3-5;1-4(2)7(3,5)6;3*1-4(2)5-3;1-4(2)3/h7H,3-6H2,1-2H3;6H,1-5H3;7H,4-6H2,1-3H3;3-4H,1-2H3;6H,5H2,1-4H3;5-6H,3-4H2,1-2H3;5-6H,1-4H3;6H,4-5H2,1-3H3;6H,4-5H2,1-3H3;3H,1-2H3;5-6H,4H2,1-3H3;5H,4H2,1-3H3;5H,4H2,1-3H3;3H,1-2H3;3-4H,1-2H3;4H,3,5H2,1-2H3;4H,1-3H3;3*4H,1-3H3;4H,1-3H3/i;;;;;;;;;;;;;;;;;3D3;;;. The normalized spacial score (nSPS) is 12.8. The quantitative estimate of drug-likeness (QED) is 0.0580. The molecule has 1 saturated heterocycles. The maximum absolute atomic E-state index is 11.8. The molecule has 1 heterocycles. The second-order valence-corrected chi connectivity index (χ2v) is 46.4. The van der Waals surface area contributed by atoms with Gasteiger partial charge in [0.2, 0.25) is 6.10 Å².